The lowest BCUT2D eigenvalue weighted by Gasteiger charge is -2.23. The Bertz CT molecular complexity index is 633. The molecule has 1 atom stereocenters. The van der Waals surface area contributed by atoms with E-state index in [1.54, 1.807) is 18.3 Å². The van der Waals surface area contributed by atoms with E-state index in [9.17, 15) is 8.42 Å². The summed E-state index contributed by atoms with van der Waals surface area (Å²) < 4.78 is 28.7. The van der Waals surface area contributed by atoms with Crippen LogP contribution in [0.25, 0.3) is 0 Å². The summed E-state index contributed by atoms with van der Waals surface area (Å²) in [5.74, 6) is 0.0969. The molecule has 0 saturated carbocycles. The van der Waals surface area contributed by atoms with Crippen LogP contribution in [0.2, 0.25) is 0 Å². The fraction of sp³-hybridized carbons (Fsp3) is 0.769. The van der Waals surface area contributed by atoms with E-state index < -0.39 is 10.0 Å². The van der Waals surface area contributed by atoms with Crippen LogP contribution in [-0.4, -0.2) is 59.6 Å². The Labute approximate surface area is 125 Å². The first-order chi connectivity index (χ1) is 9.91. The number of hydrogen-bond donors (Lipinski definition) is 1. The van der Waals surface area contributed by atoms with E-state index in [0.29, 0.717) is 24.8 Å². The highest BCUT2D eigenvalue weighted by atomic mass is 32.2. The standard InChI is InChI=1S/C13H23N5O2S/c1-10-12(13(14)15-16(10)2)21(19,20)18-8-5-11(9-18)17-6-3-4-7-17/h11H,3-9H2,1-2H3,(H2,14,15). The van der Waals surface area contributed by atoms with E-state index in [1.807, 2.05) is 0 Å². The van der Waals surface area contributed by atoms with Crippen molar-refractivity contribution in [3.05, 3.63) is 5.69 Å². The van der Waals surface area contributed by atoms with Crippen LogP contribution in [0.4, 0.5) is 5.82 Å². The van der Waals surface area contributed by atoms with Gasteiger partial charge in [-0.3, -0.25) is 9.58 Å². The van der Waals surface area contributed by atoms with Crippen LogP contribution in [0.3, 0.4) is 0 Å². The van der Waals surface area contributed by atoms with Gasteiger partial charge < -0.3 is 5.73 Å². The molecule has 2 aliphatic heterocycles. The number of sulfonamides is 1. The van der Waals surface area contributed by atoms with Gasteiger partial charge in [0.05, 0.1) is 5.69 Å². The lowest BCUT2D eigenvalue weighted by molar-refractivity contribution is 0.251. The molecule has 1 aromatic rings. The molecule has 1 aromatic heterocycles. The van der Waals surface area contributed by atoms with Crippen LogP contribution in [-0.2, 0) is 17.1 Å². The van der Waals surface area contributed by atoms with Gasteiger partial charge in [0, 0.05) is 26.2 Å². The average Bonchev–Trinajstić information content (AvgIpc) is 3.12. The molecule has 21 heavy (non-hydrogen) atoms. The molecule has 7 nitrogen and oxygen atoms in total. The Balaban J connectivity index is 1.83. The van der Waals surface area contributed by atoms with Crippen molar-refractivity contribution in [2.75, 3.05) is 31.9 Å². The molecule has 2 fully saturated rings. The fourth-order valence-corrected chi connectivity index (χ4v) is 5.18. The van der Waals surface area contributed by atoms with Crippen molar-refractivity contribution in [2.24, 2.45) is 7.05 Å². The van der Waals surface area contributed by atoms with Gasteiger partial charge in [-0.1, -0.05) is 0 Å². The summed E-state index contributed by atoms with van der Waals surface area (Å²) in [5, 5.41) is 4.02. The molecule has 2 aliphatic rings. The Morgan fingerprint density at radius 3 is 2.48 bits per heavy atom. The molecule has 3 rings (SSSR count). The predicted molar refractivity (Wildman–Crippen MR) is 80.3 cm³/mol. The molecular formula is C13H23N5O2S. The Morgan fingerprint density at radius 1 is 1.24 bits per heavy atom. The van der Waals surface area contributed by atoms with Crippen molar-refractivity contribution in [3.63, 3.8) is 0 Å². The van der Waals surface area contributed by atoms with Crippen LogP contribution in [0.1, 0.15) is 25.0 Å². The summed E-state index contributed by atoms with van der Waals surface area (Å²) in [4.78, 5) is 2.58. The SMILES string of the molecule is Cc1c(S(=O)(=O)N2CCC(N3CCCC3)C2)c(N)nn1C. The highest BCUT2D eigenvalue weighted by Crippen LogP contribution is 2.29. The topological polar surface area (TPSA) is 84.5 Å². The maximum atomic E-state index is 12.8. The van der Waals surface area contributed by atoms with Crippen molar-refractivity contribution in [1.29, 1.82) is 0 Å². The number of nitrogens with zero attached hydrogens (tertiary/aromatic N) is 4. The molecule has 0 aromatic carbocycles. The van der Waals surface area contributed by atoms with Gasteiger partial charge in [-0.25, -0.2) is 8.42 Å². The van der Waals surface area contributed by atoms with Gasteiger partial charge in [-0.05, 0) is 39.3 Å². The molecule has 2 saturated heterocycles. The highest BCUT2D eigenvalue weighted by molar-refractivity contribution is 7.89. The third-order valence-electron chi connectivity index (χ3n) is 4.69. The lowest BCUT2D eigenvalue weighted by Crippen LogP contribution is -2.37. The molecule has 0 radical (unpaired) electrons. The quantitative estimate of drug-likeness (QED) is 0.860. The van der Waals surface area contributed by atoms with Crippen molar-refractivity contribution in [3.8, 4) is 0 Å². The maximum absolute atomic E-state index is 12.8. The van der Waals surface area contributed by atoms with E-state index in [4.69, 9.17) is 5.73 Å². The van der Waals surface area contributed by atoms with Crippen LogP contribution in [0.15, 0.2) is 4.90 Å². The number of anilines is 1. The number of likely N-dealkylation sites (tertiary alicyclic amines) is 1. The molecule has 1 unspecified atom stereocenters. The zero-order valence-electron chi connectivity index (χ0n) is 12.6. The zero-order valence-corrected chi connectivity index (χ0v) is 13.4. The number of nitrogen functional groups attached to an aromatic ring is 1. The van der Waals surface area contributed by atoms with Crippen molar-refractivity contribution in [2.45, 2.75) is 37.1 Å². The number of hydrogen-bond acceptors (Lipinski definition) is 5. The second-order valence-corrected chi connectivity index (χ2v) is 7.85. The predicted octanol–water partition coefficient (Wildman–Crippen LogP) is 0.170. The van der Waals surface area contributed by atoms with E-state index in [2.05, 4.69) is 10.00 Å². The highest BCUT2D eigenvalue weighted by Gasteiger charge is 2.38. The third kappa shape index (κ3) is 2.45. The second kappa shape index (κ2) is 5.26. The van der Waals surface area contributed by atoms with E-state index in [0.717, 1.165) is 19.5 Å². The third-order valence-corrected chi connectivity index (χ3v) is 6.72. The zero-order chi connectivity index (χ0) is 15.2. The van der Waals surface area contributed by atoms with Gasteiger partial charge in [-0.15, -0.1) is 0 Å². The second-order valence-electron chi connectivity index (χ2n) is 5.97. The van der Waals surface area contributed by atoms with Crippen molar-refractivity contribution in [1.82, 2.24) is 19.0 Å². The summed E-state index contributed by atoms with van der Waals surface area (Å²) in [6.07, 6.45) is 3.34. The fourth-order valence-electron chi connectivity index (χ4n) is 3.40. The number of aromatic nitrogens is 2. The van der Waals surface area contributed by atoms with Crippen LogP contribution >= 0.6 is 0 Å². The van der Waals surface area contributed by atoms with E-state index in [1.165, 1.54) is 17.5 Å². The summed E-state index contributed by atoms with van der Waals surface area (Å²) in [5.41, 5.74) is 6.40. The van der Waals surface area contributed by atoms with E-state index in [-0.39, 0.29) is 10.7 Å². The Morgan fingerprint density at radius 2 is 1.90 bits per heavy atom. The summed E-state index contributed by atoms with van der Waals surface area (Å²) in [7, 11) is -1.83. The summed E-state index contributed by atoms with van der Waals surface area (Å²) in [6, 6.07) is 0.348. The molecule has 0 spiro atoms. The van der Waals surface area contributed by atoms with Gasteiger partial charge in [0.15, 0.2) is 5.82 Å². The molecule has 118 valence electrons. The minimum Gasteiger partial charge on any atom is -0.381 e. The van der Waals surface area contributed by atoms with Gasteiger partial charge in [-0.2, -0.15) is 9.40 Å². The van der Waals surface area contributed by atoms with E-state index >= 15 is 0 Å². The van der Waals surface area contributed by atoms with Gasteiger partial charge >= 0.3 is 0 Å². The number of aryl methyl sites for hydroxylation is 1. The Hall–Kier alpha value is -1.12. The molecular weight excluding hydrogens is 290 g/mol. The van der Waals surface area contributed by atoms with Gasteiger partial charge in [0.1, 0.15) is 4.90 Å². The Kier molecular flexibility index (Phi) is 3.71. The minimum absolute atomic E-state index is 0.0969. The van der Waals surface area contributed by atoms with Crippen LogP contribution in [0, 0.1) is 6.92 Å². The molecule has 8 heteroatoms. The molecule has 2 N–H and O–H groups in total. The maximum Gasteiger partial charge on any atom is 0.248 e. The smallest absolute Gasteiger partial charge is 0.248 e. The van der Waals surface area contributed by atoms with Gasteiger partial charge in [0.2, 0.25) is 10.0 Å². The summed E-state index contributed by atoms with van der Waals surface area (Å²) in [6.45, 7) is 5.05. The summed E-state index contributed by atoms with van der Waals surface area (Å²) >= 11 is 0. The molecule has 0 bridgehead atoms. The lowest BCUT2D eigenvalue weighted by atomic mass is 10.2. The number of nitrogens with two attached hydrogens (primary N) is 1. The largest absolute Gasteiger partial charge is 0.381 e. The molecule has 0 aliphatic carbocycles. The average molecular weight is 313 g/mol. The first kappa shape index (κ1) is 14.8. The van der Waals surface area contributed by atoms with Crippen molar-refractivity contribution < 1.29 is 8.42 Å². The number of rotatable bonds is 3. The molecule has 3 heterocycles. The minimum atomic E-state index is -3.54. The first-order valence-electron chi connectivity index (χ1n) is 7.44. The first-order valence-corrected chi connectivity index (χ1v) is 8.88. The molecule has 0 amide bonds. The van der Waals surface area contributed by atoms with Crippen molar-refractivity contribution >= 4 is 15.8 Å². The van der Waals surface area contributed by atoms with Crippen LogP contribution < -0.4 is 5.73 Å². The monoisotopic (exact) mass is 313 g/mol. The normalized spacial score (nSPS) is 25.0. The van der Waals surface area contributed by atoms with Crippen LogP contribution in [0.5, 0.6) is 0 Å². The van der Waals surface area contributed by atoms with Gasteiger partial charge in [0.25, 0.3) is 0 Å².